The minimum absolute atomic E-state index is 0.0110. The third kappa shape index (κ3) is 11.2. The number of ether oxygens (including phenoxy) is 5. The van der Waals surface area contributed by atoms with Gasteiger partial charge in [-0.15, -0.1) is 6.58 Å². The Balaban J connectivity index is 1.36. The number of aldehydes is 1. The average molecular weight is 891 g/mol. The monoisotopic (exact) mass is 890 g/mol. The number of amides is 1. The average Bonchev–Trinajstić information content (AvgIpc) is 3.32. The summed E-state index contributed by atoms with van der Waals surface area (Å²) in [6.45, 7) is 4.65. The number of carbonyl (C=O) groups is 2. The summed E-state index contributed by atoms with van der Waals surface area (Å²) < 4.78 is 47.0. The fourth-order valence-electron chi connectivity index (χ4n) is 9.73. The molecule has 0 radical (unpaired) electrons. The summed E-state index contributed by atoms with van der Waals surface area (Å²) in [6, 6.07) is 27.4. The second-order valence-electron chi connectivity index (χ2n) is 16.7. The second kappa shape index (κ2) is 22.9. The molecule has 1 saturated carbocycles. The number of fused-ring (bicyclic) bond motifs is 2. The number of aliphatic hydroxyl groups is 2. The van der Waals surface area contributed by atoms with Crippen LogP contribution in [0.1, 0.15) is 77.9 Å². The maximum Gasteiger partial charge on any atom is 0.410 e. The number of aliphatic hydroxyl groups excluding tert-OH is 2. The molecule has 1 fully saturated rings. The smallest absolute Gasteiger partial charge is 0.410 e. The van der Waals surface area contributed by atoms with Crippen LogP contribution in [0.4, 0.5) is 9.18 Å². The normalized spacial score (nSPS) is 22.4. The van der Waals surface area contributed by atoms with E-state index in [0.717, 1.165) is 48.7 Å². The number of nitrogens with zero attached hydrogens (tertiary/aromatic N) is 2. The fraction of sp³-hybridized carbons (Fsp3) is 0.404. The van der Waals surface area contributed by atoms with Gasteiger partial charge in [0, 0.05) is 43.2 Å². The van der Waals surface area contributed by atoms with Crippen molar-refractivity contribution in [1.29, 1.82) is 0 Å². The summed E-state index contributed by atoms with van der Waals surface area (Å²) in [6.07, 6.45) is 8.46. The van der Waals surface area contributed by atoms with Crippen LogP contribution in [0.3, 0.4) is 0 Å². The molecule has 0 saturated heterocycles. The lowest BCUT2D eigenvalue weighted by Gasteiger charge is -2.59. The van der Waals surface area contributed by atoms with E-state index in [4.69, 9.17) is 28.5 Å². The van der Waals surface area contributed by atoms with Crippen LogP contribution >= 0.6 is 0 Å². The quantitative estimate of drug-likeness (QED) is 0.0320. The van der Waals surface area contributed by atoms with Crippen molar-refractivity contribution >= 4 is 18.1 Å². The molecule has 7 rings (SSSR count). The van der Waals surface area contributed by atoms with Crippen molar-refractivity contribution < 1.29 is 52.7 Å². The molecular formula is C52H59FN2O10. The highest BCUT2D eigenvalue weighted by Gasteiger charge is 2.65. The number of rotatable bonds is 23. The lowest BCUT2D eigenvalue weighted by atomic mass is 9.55. The van der Waals surface area contributed by atoms with E-state index >= 15 is 0 Å². The summed E-state index contributed by atoms with van der Waals surface area (Å²) >= 11 is 0. The fourth-order valence-corrected chi connectivity index (χ4v) is 9.73. The zero-order valence-electron chi connectivity index (χ0n) is 36.9. The molecule has 13 heteroatoms. The maximum atomic E-state index is 14.8. The van der Waals surface area contributed by atoms with Crippen molar-refractivity contribution in [2.75, 3.05) is 40.1 Å². The largest absolute Gasteiger partial charge is 0.459 e. The number of oxime groups is 1. The van der Waals surface area contributed by atoms with Crippen LogP contribution in [0.2, 0.25) is 0 Å². The number of allylic oxidation sites excluding steroid dienone is 1. The number of benzene rings is 4. The van der Waals surface area contributed by atoms with Gasteiger partial charge in [-0.25, -0.2) is 9.18 Å². The van der Waals surface area contributed by atoms with Crippen LogP contribution in [0.15, 0.2) is 127 Å². The first-order chi connectivity index (χ1) is 31.8. The third-order valence-electron chi connectivity index (χ3n) is 12.5. The van der Waals surface area contributed by atoms with Crippen LogP contribution in [0.5, 0.6) is 17.2 Å². The molecule has 1 amide bonds. The third-order valence-corrected chi connectivity index (χ3v) is 12.5. The first kappa shape index (κ1) is 47.1. The molecule has 344 valence electrons. The van der Waals surface area contributed by atoms with Gasteiger partial charge in [-0.2, -0.15) is 0 Å². The zero-order chi connectivity index (χ0) is 45.6. The lowest BCUT2D eigenvalue weighted by molar-refractivity contribution is -0.256. The van der Waals surface area contributed by atoms with Crippen LogP contribution in [0.25, 0.3) is 0 Å². The van der Waals surface area contributed by atoms with Gasteiger partial charge in [-0.1, -0.05) is 84.7 Å². The van der Waals surface area contributed by atoms with Gasteiger partial charge in [0.25, 0.3) is 0 Å². The van der Waals surface area contributed by atoms with Gasteiger partial charge in [0.15, 0.2) is 0 Å². The molecule has 12 nitrogen and oxygen atoms in total. The first-order valence-electron chi connectivity index (χ1n) is 22.5. The topological polar surface area (TPSA) is 146 Å². The van der Waals surface area contributed by atoms with E-state index in [9.17, 15) is 24.2 Å². The SMILES string of the molecule is C=CCOC12Oc3ccc(Oc4cccc(C=O)c4)cc3C3C(CCCCO)C(CCCCO)C=C(C(=NOC)CC1N(Cc1ccc(F)cc1)C(=O)OCCOCc1ccccc1)C32. The van der Waals surface area contributed by atoms with Crippen molar-refractivity contribution in [3.05, 3.63) is 149 Å². The molecule has 4 aromatic rings. The van der Waals surface area contributed by atoms with Crippen LogP contribution in [-0.4, -0.2) is 85.2 Å². The Kier molecular flexibility index (Phi) is 16.6. The summed E-state index contributed by atoms with van der Waals surface area (Å²) in [5.41, 5.74) is 4.46. The van der Waals surface area contributed by atoms with Gasteiger partial charge in [0.05, 0.1) is 31.5 Å². The van der Waals surface area contributed by atoms with Crippen molar-refractivity contribution in [3.8, 4) is 17.2 Å². The number of halogens is 1. The molecule has 0 bridgehead atoms. The number of hydrogen-bond acceptors (Lipinski definition) is 11. The summed E-state index contributed by atoms with van der Waals surface area (Å²) in [4.78, 5) is 33.6. The van der Waals surface area contributed by atoms with Gasteiger partial charge in [0.1, 0.15) is 49.1 Å². The number of carbonyl (C=O) groups excluding carboxylic acids is 2. The molecule has 1 heterocycles. The van der Waals surface area contributed by atoms with E-state index in [1.807, 2.05) is 48.5 Å². The highest BCUT2D eigenvalue weighted by atomic mass is 19.1. The van der Waals surface area contributed by atoms with E-state index in [1.54, 1.807) is 47.4 Å². The molecule has 2 N–H and O–H groups in total. The summed E-state index contributed by atoms with van der Waals surface area (Å²) in [5.74, 6) is -1.31. The second-order valence-corrected chi connectivity index (χ2v) is 16.7. The first-order valence-corrected chi connectivity index (χ1v) is 22.5. The molecule has 1 aliphatic heterocycles. The lowest BCUT2D eigenvalue weighted by Crippen LogP contribution is -2.70. The molecular weight excluding hydrogens is 832 g/mol. The number of unbranched alkanes of at least 4 members (excludes halogenated alkanes) is 2. The minimum atomic E-state index is -1.56. The Morgan fingerprint density at radius 3 is 2.43 bits per heavy atom. The van der Waals surface area contributed by atoms with Gasteiger partial charge >= 0.3 is 6.09 Å². The Hall–Kier alpha value is -5.86. The summed E-state index contributed by atoms with van der Waals surface area (Å²) in [5, 5.41) is 24.5. The van der Waals surface area contributed by atoms with Crippen LogP contribution < -0.4 is 9.47 Å². The molecule has 0 aromatic heterocycles. The molecule has 0 spiro atoms. The molecule has 4 aromatic carbocycles. The predicted molar refractivity (Wildman–Crippen MR) is 243 cm³/mol. The van der Waals surface area contributed by atoms with Gasteiger partial charge < -0.3 is 38.7 Å². The van der Waals surface area contributed by atoms with Crippen molar-refractivity contribution in [3.63, 3.8) is 0 Å². The van der Waals surface area contributed by atoms with Gasteiger partial charge in [-0.3, -0.25) is 9.69 Å². The molecule has 6 unspecified atom stereocenters. The van der Waals surface area contributed by atoms with E-state index in [1.165, 1.54) is 19.2 Å². The van der Waals surface area contributed by atoms with E-state index in [2.05, 4.69) is 17.8 Å². The molecule has 6 atom stereocenters. The van der Waals surface area contributed by atoms with Crippen LogP contribution in [-0.2, 0) is 32.2 Å². The standard InChI is InChI=1S/C52H59FN2O10/c1-3-26-63-52-48(55(33-36-18-20-40(53)21-19-36)51(59)62-28-27-61-35-37-12-5-4-6-13-37)32-46(54-60-2)44-30-39(15-7-9-24-56)43(17-8-10-25-57)49(50(44)52)45-31-42(22-23-47(45)65-52)64-41-16-11-14-38(29-41)34-58/h3-6,11-14,16,18-23,29-31,34,39,43,48-50,56-57H,1,7-10,15,17,24-28,32-33,35H2,2H3. The Bertz CT molecular complexity index is 2270. The highest BCUT2D eigenvalue weighted by molar-refractivity contribution is 6.03. The van der Waals surface area contributed by atoms with E-state index in [-0.39, 0.29) is 63.8 Å². The summed E-state index contributed by atoms with van der Waals surface area (Å²) in [7, 11) is 1.49. The van der Waals surface area contributed by atoms with Crippen molar-refractivity contribution in [2.24, 2.45) is 22.9 Å². The Morgan fingerprint density at radius 1 is 0.923 bits per heavy atom. The maximum absolute atomic E-state index is 14.8. The minimum Gasteiger partial charge on any atom is -0.459 e. The van der Waals surface area contributed by atoms with Crippen molar-refractivity contribution in [2.45, 2.75) is 75.8 Å². The molecule has 3 aliphatic rings. The van der Waals surface area contributed by atoms with Gasteiger partial charge in [0.2, 0.25) is 5.79 Å². The van der Waals surface area contributed by atoms with Crippen molar-refractivity contribution in [1.82, 2.24) is 4.90 Å². The van der Waals surface area contributed by atoms with Gasteiger partial charge in [-0.05, 0) is 96.7 Å². The van der Waals surface area contributed by atoms with E-state index < -0.39 is 29.7 Å². The Morgan fingerprint density at radius 2 is 1.69 bits per heavy atom. The number of hydrogen-bond donors (Lipinski definition) is 2. The Labute approximate surface area is 380 Å². The van der Waals surface area contributed by atoms with E-state index in [0.29, 0.717) is 53.5 Å². The molecule has 2 aliphatic carbocycles. The highest BCUT2D eigenvalue weighted by Crippen LogP contribution is 2.62. The predicted octanol–water partition coefficient (Wildman–Crippen LogP) is 9.55. The van der Waals surface area contributed by atoms with Crippen LogP contribution in [0, 0.1) is 23.6 Å². The zero-order valence-corrected chi connectivity index (χ0v) is 36.9. The molecule has 65 heavy (non-hydrogen) atoms.